The Balaban J connectivity index is 2.41. The number of likely N-dealkylation sites (tertiary alicyclic amines) is 1. The smallest absolute Gasteiger partial charge is 0.259 e. The van der Waals surface area contributed by atoms with Crippen molar-refractivity contribution < 1.29 is 14.4 Å². The van der Waals surface area contributed by atoms with Crippen molar-refractivity contribution in [2.45, 2.75) is 18.9 Å². The van der Waals surface area contributed by atoms with Crippen LogP contribution in [0.2, 0.25) is 0 Å². The van der Waals surface area contributed by atoms with Gasteiger partial charge in [-0.25, -0.2) is 0 Å². The minimum Gasteiger partial charge on any atom is -0.296 e. The molecule has 2 saturated heterocycles. The van der Waals surface area contributed by atoms with Crippen molar-refractivity contribution in [3.8, 4) is 0 Å². The lowest BCUT2D eigenvalue weighted by Gasteiger charge is -2.29. The molecule has 108 valence electrons. The summed E-state index contributed by atoms with van der Waals surface area (Å²) in [5.41, 5.74) is 1.46. The van der Waals surface area contributed by atoms with E-state index in [0.29, 0.717) is 16.8 Å². The summed E-state index contributed by atoms with van der Waals surface area (Å²) >= 11 is 0. The van der Waals surface area contributed by atoms with Crippen LogP contribution in [0.25, 0.3) is 0 Å². The molecule has 2 fully saturated rings. The van der Waals surface area contributed by atoms with Gasteiger partial charge in [-0.1, -0.05) is 38.0 Å². The number of hydrogen-bond acceptors (Lipinski definition) is 3. The number of imide groups is 1. The molecule has 0 saturated carbocycles. The van der Waals surface area contributed by atoms with Gasteiger partial charge in [0.1, 0.15) is 6.04 Å². The molecule has 5 heteroatoms. The minimum absolute atomic E-state index is 0.203. The first-order chi connectivity index (χ1) is 10.0. The van der Waals surface area contributed by atoms with Gasteiger partial charge < -0.3 is 0 Å². The van der Waals surface area contributed by atoms with Gasteiger partial charge in [0.2, 0.25) is 11.8 Å². The molecular weight excluding hydrogens is 268 g/mol. The van der Waals surface area contributed by atoms with E-state index < -0.39 is 11.9 Å². The van der Waals surface area contributed by atoms with Gasteiger partial charge in [-0.3, -0.25) is 24.6 Å². The maximum atomic E-state index is 12.5. The predicted octanol–water partition coefficient (Wildman–Crippen LogP) is 1.37. The molecule has 0 aliphatic carbocycles. The first kappa shape index (κ1) is 14.7. The van der Waals surface area contributed by atoms with Crippen molar-refractivity contribution in [2.75, 3.05) is 0 Å². The largest absolute Gasteiger partial charge is 0.296 e. The zero-order valence-electron chi connectivity index (χ0n) is 11.6. The third kappa shape index (κ3) is 2.50. The van der Waals surface area contributed by atoms with Crippen LogP contribution in [0.4, 0.5) is 0 Å². The van der Waals surface area contributed by atoms with Crippen LogP contribution in [0.1, 0.15) is 12.8 Å². The predicted molar refractivity (Wildman–Crippen MR) is 78.7 cm³/mol. The summed E-state index contributed by atoms with van der Waals surface area (Å²) in [6.45, 7) is 11.1. The molecule has 2 aliphatic heterocycles. The Labute approximate surface area is 123 Å². The molecule has 0 bridgehead atoms. The zero-order valence-corrected chi connectivity index (χ0v) is 11.6. The summed E-state index contributed by atoms with van der Waals surface area (Å²) in [6, 6.07) is -0.716. The number of nitrogens with zero attached hydrogens (tertiary/aromatic N) is 1. The van der Waals surface area contributed by atoms with Gasteiger partial charge in [-0.05, 0) is 12.5 Å². The van der Waals surface area contributed by atoms with Gasteiger partial charge >= 0.3 is 0 Å². The molecule has 2 heterocycles. The number of allylic oxidation sites excluding steroid dienone is 5. The highest BCUT2D eigenvalue weighted by molar-refractivity contribution is 6.09. The van der Waals surface area contributed by atoms with Crippen LogP contribution in [-0.2, 0) is 14.4 Å². The third-order valence-corrected chi connectivity index (χ3v) is 3.43. The van der Waals surface area contributed by atoms with E-state index in [0.717, 1.165) is 0 Å². The van der Waals surface area contributed by atoms with E-state index in [2.05, 4.69) is 25.1 Å². The molecule has 1 unspecified atom stereocenters. The molecule has 1 atom stereocenters. The topological polar surface area (TPSA) is 66.5 Å². The molecule has 21 heavy (non-hydrogen) atoms. The Bertz CT molecular complexity index is 589. The fourth-order valence-electron chi connectivity index (χ4n) is 2.49. The van der Waals surface area contributed by atoms with Crippen molar-refractivity contribution in [2.24, 2.45) is 0 Å². The van der Waals surface area contributed by atoms with E-state index in [-0.39, 0.29) is 24.7 Å². The molecule has 0 aromatic heterocycles. The molecule has 2 rings (SSSR count). The number of carbonyl (C=O) groups is 3. The van der Waals surface area contributed by atoms with Crippen molar-refractivity contribution in [1.29, 1.82) is 0 Å². The number of nitrogens with one attached hydrogen (secondary N) is 1. The second-order valence-electron chi connectivity index (χ2n) is 4.72. The van der Waals surface area contributed by atoms with Gasteiger partial charge in [0.25, 0.3) is 5.91 Å². The van der Waals surface area contributed by atoms with Gasteiger partial charge in [0, 0.05) is 23.3 Å². The van der Waals surface area contributed by atoms with Crippen LogP contribution in [0.15, 0.2) is 60.9 Å². The van der Waals surface area contributed by atoms with Crippen molar-refractivity contribution in [3.05, 3.63) is 60.9 Å². The molecule has 2 aliphatic rings. The Kier molecular flexibility index (Phi) is 4.03. The highest BCUT2D eigenvalue weighted by Crippen LogP contribution is 2.35. The van der Waals surface area contributed by atoms with Crippen LogP contribution >= 0.6 is 0 Å². The SMILES string of the molecule is C=C/C=C1/C(=C)N(C2CCC(=O)NC2=O)C(=O)/C1=C/C=C. The van der Waals surface area contributed by atoms with E-state index in [1.54, 1.807) is 18.2 Å². The third-order valence-electron chi connectivity index (χ3n) is 3.43. The fourth-order valence-corrected chi connectivity index (χ4v) is 2.49. The van der Waals surface area contributed by atoms with E-state index in [4.69, 9.17) is 0 Å². The summed E-state index contributed by atoms with van der Waals surface area (Å²) in [5, 5.41) is 2.25. The Morgan fingerprint density at radius 2 is 1.71 bits per heavy atom. The lowest BCUT2D eigenvalue weighted by molar-refractivity contribution is -0.141. The Hall–Kier alpha value is -2.69. The minimum atomic E-state index is -0.716. The molecular formula is C16H16N2O3. The average molecular weight is 284 g/mol. The van der Waals surface area contributed by atoms with Crippen LogP contribution in [-0.4, -0.2) is 28.7 Å². The number of amides is 3. The summed E-state index contributed by atoms with van der Waals surface area (Å²) in [7, 11) is 0. The second kappa shape index (κ2) is 5.75. The van der Waals surface area contributed by atoms with Gasteiger partial charge in [-0.15, -0.1) is 0 Å². The van der Waals surface area contributed by atoms with Crippen LogP contribution in [0.5, 0.6) is 0 Å². The molecule has 5 nitrogen and oxygen atoms in total. The fraction of sp³-hybridized carbons (Fsp3) is 0.188. The number of piperidine rings is 1. The molecule has 0 spiro atoms. The number of carbonyl (C=O) groups excluding carboxylic acids is 3. The number of hydrogen-bond donors (Lipinski definition) is 1. The van der Waals surface area contributed by atoms with Crippen LogP contribution in [0, 0.1) is 0 Å². The first-order valence-corrected chi connectivity index (χ1v) is 6.53. The number of rotatable bonds is 3. The molecule has 3 amide bonds. The van der Waals surface area contributed by atoms with Crippen molar-refractivity contribution in [3.63, 3.8) is 0 Å². The van der Waals surface area contributed by atoms with Gasteiger partial charge in [0.05, 0.1) is 0 Å². The monoisotopic (exact) mass is 284 g/mol. The summed E-state index contributed by atoms with van der Waals surface area (Å²) in [5.74, 6) is -1.11. The van der Waals surface area contributed by atoms with Crippen molar-refractivity contribution in [1.82, 2.24) is 10.2 Å². The average Bonchev–Trinajstić information content (AvgIpc) is 2.65. The van der Waals surface area contributed by atoms with Gasteiger partial charge in [-0.2, -0.15) is 0 Å². The van der Waals surface area contributed by atoms with E-state index in [1.807, 2.05) is 0 Å². The quantitative estimate of drug-likeness (QED) is 0.629. The van der Waals surface area contributed by atoms with Crippen LogP contribution < -0.4 is 5.32 Å². The summed E-state index contributed by atoms with van der Waals surface area (Å²) in [6.07, 6.45) is 6.80. The standard InChI is InChI=1S/C16H16N2O3/c1-4-6-11-10(3)18(16(21)12(11)7-5-2)13-8-9-14(19)17-15(13)20/h4-7,13H,1-3,8-9H2,(H,17,19,20)/b11-6-,12-7+. The molecule has 0 aromatic rings. The second-order valence-corrected chi connectivity index (χ2v) is 4.72. The summed E-state index contributed by atoms with van der Waals surface area (Å²) in [4.78, 5) is 37.1. The first-order valence-electron chi connectivity index (χ1n) is 6.53. The molecule has 1 N–H and O–H groups in total. The van der Waals surface area contributed by atoms with E-state index in [1.165, 1.54) is 11.0 Å². The maximum absolute atomic E-state index is 12.5. The van der Waals surface area contributed by atoms with E-state index in [9.17, 15) is 14.4 Å². The molecule has 0 aromatic carbocycles. The van der Waals surface area contributed by atoms with Crippen LogP contribution in [0.3, 0.4) is 0 Å². The Morgan fingerprint density at radius 3 is 2.29 bits per heavy atom. The normalized spacial score (nSPS) is 26.5. The highest BCUT2D eigenvalue weighted by atomic mass is 16.2. The van der Waals surface area contributed by atoms with Gasteiger partial charge in [0.15, 0.2) is 0 Å². The molecule has 0 radical (unpaired) electrons. The Morgan fingerprint density at radius 1 is 1.10 bits per heavy atom. The maximum Gasteiger partial charge on any atom is 0.259 e. The lowest BCUT2D eigenvalue weighted by Crippen LogP contribution is -2.52. The summed E-state index contributed by atoms with van der Waals surface area (Å²) < 4.78 is 0. The van der Waals surface area contributed by atoms with E-state index >= 15 is 0 Å². The highest BCUT2D eigenvalue weighted by Gasteiger charge is 2.42. The lowest BCUT2D eigenvalue weighted by atomic mass is 10.0. The zero-order chi connectivity index (χ0) is 15.6. The van der Waals surface area contributed by atoms with Crippen molar-refractivity contribution >= 4 is 17.7 Å².